The number of carbonyl (C=O) groups excluding carboxylic acids is 1. The zero-order chi connectivity index (χ0) is 16.6. The van der Waals surface area contributed by atoms with E-state index in [1.54, 1.807) is 54.6 Å². The Morgan fingerprint density at radius 3 is 2.61 bits per heavy atom. The number of benzene rings is 1. The molecule has 5 nitrogen and oxygen atoms in total. The zero-order valence-corrected chi connectivity index (χ0v) is 15.0. The maximum absolute atomic E-state index is 12.8. The molecule has 0 saturated heterocycles. The molecule has 0 radical (unpaired) electrons. The Bertz CT molecular complexity index is 948. The van der Waals surface area contributed by atoms with Gasteiger partial charge in [-0.15, -0.1) is 11.3 Å². The summed E-state index contributed by atoms with van der Waals surface area (Å²) in [6.07, 6.45) is 0. The number of halogens is 1. The quantitative estimate of drug-likeness (QED) is 0.689. The molecule has 0 N–H and O–H groups in total. The van der Waals surface area contributed by atoms with Crippen molar-refractivity contribution < 1.29 is 4.79 Å². The highest BCUT2D eigenvalue weighted by Crippen LogP contribution is 2.23. The molecule has 0 bridgehead atoms. The lowest BCUT2D eigenvalue weighted by molar-refractivity contribution is 0.0780. The average molecular weight is 392 g/mol. The third-order valence-corrected chi connectivity index (χ3v) is 5.14. The number of thiophene rings is 1. The first kappa shape index (κ1) is 15.9. The van der Waals surface area contributed by atoms with Crippen molar-refractivity contribution in [2.45, 2.75) is 6.54 Å². The summed E-state index contributed by atoms with van der Waals surface area (Å²) in [5.41, 5.74) is 0.0859. The summed E-state index contributed by atoms with van der Waals surface area (Å²) in [4.78, 5) is 27.6. The van der Waals surface area contributed by atoms with Crippen LogP contribution in [0.4, 0.5) is 0 Å². The monoisotopic (exact) mass is 391 g/mol. The molecule has 0 unspecified atom stereocenters. The van der Waals surface area contributed by atoms with Gasteiger partial charge in [0.15, 0.2) is 5.69 Å². The Hall–Kier alpha value is -1.99. The lowest BCUT2D eigenvalue weighted by Crippen LogP contribution is -2.30. The number of fused-ring (bicyclic) bond motifs is 1. The van der Waals surface area contributed by atoms with Gasteiger partial charge >= 0.3 is 0 Å². The minimum atomic E-state index is -0.207. The molecular weight excluding hydrogens is 378 g/mol. The molecule has 0 aliphatic carbocycles. The zero-order valence-electron chi connectivity index (χ0n) is 12.6. The van der Waals surface area contributed by atoms with Crippen LogP contribution in [0.2, 0.25) is 0 Å². The highest BCUT2D eigenvalue weighted by Gasteiger charge is 2.19. The number of aryl methyl sites for hydroxylation is 1. The molecule has 3 aromatic rings. The van der Waals surface area contributed by atoms with Crippen molar-refractivity contribution in [3.63, 3.8) is 0 Å². The van der Waals surface area contributed by atoms with Crippen LogP contribution >= 0.6 is 27.3 Å². The highest BCUT2D eigenvalue weighted by molar-refractivity contribution is 9.11. The third-order valence-electron chi connectivity index (χ3n) is 3.53. The Kier molecular flexibility index (Phi) is 4.32. The molecule has 0 aliphatic heterocycles. The standard InChI is InChI=1S/C16H14BrN3O2S/c1-19(9-10-7-8-13(17)23-10)16(22)14-11-5-3-4-6-12(11)15(21)20(2)18-14/h3-8H,9H2,1-2H3. The van der Waals surface area contributed by atoms with Crippen molar-refractivity contribution in [3.05, 3.63) is 61.1 Å². The summed E-state index contributed by atoms with van der Waals surface area (Å²) in [5.74, 6) is -0.207. The smallest absolute Gasteiger partial charge is 0.275 e. The summed E-state index contributed by atoms with van der Waals surface area (Å²) >= 11 is 5.00. The van der Waals surface area contributed by atoms with Crippen LogP contribution in [0.3, 0.4) is 0 Å². The van der Waals surface area contributed by atoms with Crippen LogP contribution in [0.15, 0.2) is 45.0 Å². The number of carbonyl (C=O) groups is 1. The van der Waals surface area contributed by atoms with Crippen LogP contribution in [-0.4, -0.2) is 27.6 Å². The van der Waals surface area contributed by atoms with Crippen LogP contribution in [-0.2, 0) is 13.6 Å². The van der Waals surface area contributed by atoms with E-state index in [1.165, 1.54) is 4.68 Å². The summed E-state index contributed by atoms with van der Waals surface area (Å²) < 4.78 is 2.24. The van der Waals surface area contributed by atoms with E-state index in [0.29, 0.717) is 23.0 Å². The molecule has 118 valence electrons. The van der Waals surface area contributed by atoms with Crippen molar-refractivity contribution in [1.29, 1.82) is 0 Å². The molecule has 2 aromatic heterocycles. The highest BCUT2D eigenvalue weighted by atomic mass is 79.9. The fourth-order valence-corrected chi connectivity index (χ4v) is 3.92. The van der Waals surface area contributed by atoms with Crippen LogP contribution in [0, 0.1) is 0 Å². The third kappa shape index (κ3) is 3.07. The van der Waals surface area contributed by atoms with E-state index in [0.717, 1.165) is 8.66 Å². The second-order valence-corrected chi connectivity index (χ2v) is 7.74. The van der Waals surface area contributed by atoms with Crippen LogP contribution in [0.1, 0.15) is 15.4 Å². The first-order valence-corrected chi connectivity index (χ1v) is 8.54. The molecule has 23 heavy (non-hydrogen) atoms. The summed E-state index contributed by atoms with van der Waals surface area (Å²) in [5, 5.41) is 5.26. The number of rotatable bonds is 3. The SMILES string of the molecule is CN(Cc1ccc(Br)s1)C(=O)c1nn(C)c(=O)c2ccccc12. The van der Waals surface area contributed by atoms with Gasteiger partial charge in [0.2, 0.25) is 0 Å². The van der Waals surface area contributed by atoms with E-state index in [2.05, 4.69) is 21.0 Å². The van der Waals surface area contributed by atoms with Crippen molar-refractivity contribution in [2.24, 2.45) is 7.05 Å². The van der Waals surface area contributed by atoms with Crippen LogP contribution in [0.25, 0.3) is 10.8 Å². The molecule has 1 amide bonds. The van der Waals surface area contributed by atoms with Gasteiger partial charge in [0.05, 0.1) is 15.7 Å². The second-order valence-electron chi connectivity index (χ2n) is 5.19. The van der Waals surface area contributed by atoms with Gasteiger partial charge in [0.25, 0.3) is 11.5 Å². The first-order chi connectivity index (χ1) is 11.0. The largest absolute Gasteiger partial charge is 0.335 e. The molecular formula is C16H14BrN3O2S. The summed E-state index contributed by atoms with van der Waals surface area (Å²) in [6, 6.07) is 11.0. The van der Waals surface area contributed by atoms with E-state index in [-0.39, 0.29) is 11.5 Å². The number of nitrogens with zero attached hydrogens (tertiary/aromatic N) is 3. The van der Waals surface area contributed by atoms with Crippen LogP contribution < -0.4 is 5.56 Å². The first-order valence-electron chi connectivity index (χ1n) is 6.93. The van der Waals surface area contributed by atoms with Crippen LogP contribution in [0.5, 0.6) is 0 Å². The predicted molar refractivity (Wildman–Crippen MR) is 94.8 cm³/mol. The molecule has 0 fully saturated rings. The van der Waals surface area contributed by atoms with E-state index < -0.39 is 0 Å². The van der Waals surface area contributed by atoms with E-state index in [4.69, 9.17) is 0 Å². The maximum Gasteiger partial charge on any atom is 0.275 e. The van der Waals surface area contributed by atoms with Gasteiger partial charge in [-0.3, -0.25) is 9.59 Å². The molecule has 1 aromatic carbocycles. The molecule has 0 atom stereocenters. The van der Waals surface area contributed by atoms with Gasteiger partial charge < -0.3 is 4.90 Å². The topological polar surface area (TPSA) is 55.2 Å². The van der Waals surface area contributed by atoms with Crippen molar-refractivity contribution >= 4 is 43.9 Å². The lowest BCUT2D eigenvalue weighted by atomic mass is 10.1. The maximum atomic E-state index is 12.8. The van der Waals surface area contributed by atoms with E-state index >= 15 is 0 Å². The minimum Gasteiger partial charge on any atom is -0.335 e. The lowest BCUT2D eigenvalue weighted by Gasteiger charge is -2.17. The molecule has 0 spiro atoms. The van der Waals surface area contributed by atoms with Crippen molar-refractivity contribution in [1.82, 2.24) is 14.7 Å². The normalized spacial score (nSPS) is 10.9. The fraction of sp³-hybridized carbons (Fsp3) is 0.188. The summed E-state index contributed by atoms with van der Waals surface area (Å²) in [6.45, 7) is 0.494. The number of amides is 1. The molecule has 2 heterocycles. The molecule has 3 rings (SSSR count). The average Bonchev–Trinajstić information content (AvgIpc) is 2.95. The van der Waals surface area contributed by atoms with Gasteiger partial charge in [-0.25, -0.2) is 4.68 Å². The van der Waals surface area contributed by atoms with Gasteiger partial charge in [0, 0.05) is 24.4 Å². The van der Waals surface area contributed by atoms with Crippen molar-refractivity contribution in [2.75, 3.05) is 7.05 Å². The Morgan fingerprint density at radius 2 is 1.96 bits per heavy atom. The molecule has 7 heteroatoms. The molecule has 0 aliphatic rings. The Morgan fingerprint density at radius 1 is 1.26 bits per heavy atom. The Labute approximate surface area is 145 Å². The number of aromatic nitrogens is 2. The van der Waals surface area contributed by atoms with E-state index in [1.807, 2.05) is 12.1 Å². The van der Waals surface area contributed by atoms with Gasteiger partial charge in [0.1, 0.15) is 0 Å². The number of hydrogen-bond donors (Lipinski definition) is 0. The van der Waals surface area contributed by atoms with Gasteiger partial charge in [-0.05, 0) is 34.1 Å². The van der Waals surface area contributed by atoms with Gasteiger partial charge in [-0.2, -0.15) is 5.10 Å². The van der Waals surface area contributed by atoms with Gasteiger partial charge in [-0.1, -0.05) is 18.2 Å². The molecule has 0 saturated carbocycles. The Balaban J connectivity index is 2.00. The van der Waals surface area contributed by atoms with E-state index in [9.17, 15) is 9.59 Å². The summed E-state index contributed by atoms with van der Waals surface area (Å²) in [7, 11) is 3.29. The predicted octanol–water partition coefficient (Wildman–Crippen LogP) is 3.03. The second kappa shape index (κ2) is 6.25. The van der Waals surface area contributed by atoms with Crippen molar-refractivity contribution in [3.8, 4) is 0 Å². The number of hydrogen-bond acceptors (Lipinski definition) is 4. The fourth-order valence-electron chi connectivity index (χ4n) is 2.38. The minimum absolute atomic E-state index is 0.206.